The van der Waals surface area contributed by atoms with E-state index in [4.69, 9.17) is 8.71 Å². The minimum Gasteiger partial charge on any atom is -0.379 e. The highest BCUT2D eigenvalue weighted by molar-refractivity contribution is 7.87. The average molecular weight is 366 g/mol. The van der Waals surface area contributed by atoms with Gasteiger partial charge in [0.05, 0.1) is 0 Å². The maximum absolute atomic E-state index is 12.5. The lowest BCUT2D eigenvalue weighted by Gasteiger charge is -2.08. The first-order valence-corrected chi connectivity index (χ1v) is 9.26. The fraction of sp³-hybridized carbons (Fsp3) is 0.0526. The maximum Gasteiger partial charge on any atom is 0.339 e. The van der Waals surface area contributed by atoms with Gasteiger partial charge in [-0.3, -0.25) is 0 Å². The number of aryl methyl sites for hydroxylation is 1. The molecule has 3 aromatic carbocycles. The molecule has 7 heteroatoms. The molecule has 0 saturated carbocycles. The highest BCUT2D eigenvalue weighted by atomic mass is 32.2. The highest BCUT2D eigenvalue weighted by Gasteiger charge is 2.17. The molecule has 0 atom stereocenters. The lowest BCUT2D eigenvalue weighted by molar-refractivity contribution is 0.394. The van der Waals surface area contributed by atoms with Crippen LogP contribution in [0.15, 0.2) is 76.1 Å². The van der Waals surface area contributed by atoms with E-state index in [1.54, 1.807) is 43.3 Å². The van der Waals surface area contributed by atoms with Crippen LogP contribution in [0.25, 0.3) is 22.2 Å². The average Bonchev–Trinajstić information content (AvgIpc) is 3.08. The van der Waals surface area contributed by atoms with E-state index in [9.17, 15) is 8.42 Å². The molecule has 26 heavy (non-hydrogen) atoms. The first-order chi connectivity index (χ1) is 12.5. The molecule has 0 N–H and O–H groups in total. The third-order valence-corrected chi connectivity index (χ3v) is 5.10. The first kappa shape index (κ1) is 16.3. The Morgan fingerprint density at radius 3 is 2.35 bits per heavy atom. The topological polar surface area (TPSA) is 82.3 Å². The quantitative estimate of drug-likeness (QED) is 0.508. The van der Waals surface area contributed by atoms with Crippen LogP contribution < -0.4 is 4.18 Å². The van der Waals surface area contributed by atoms with Crippen LogP contribution in [0.5, 0.6) is 5.75 Å². The molecule has 0 fully saturated rings. The molecule has 6 nitrogen and oxygen atoms in total. The van der Waals surface area contributed by atoms with Gasteiger partial charge in [0.25, 0.3) is 0 Å². The van der Waals surface area contributed by atoms with Crippen molar-refractivity contribution in [3.05, 3.63) is 72.6 Å². The molecule has 4 aromatic rings. The summed E-state index contributed by atoms with van der Waals surface area (Å²) in [4.78, 5) is 4.23. The summed E-state index contributed by atoms with van der Waals surface area (Å²) in [6.07, 6.45) is 0. The summed E-state index contributed by atoms with van der Waals surface area (Å²) >= 11 is 0. The molecule has 0 aliphatic carbocycles. The lowest BCUT2D eigenvalue weighted by atomic mass is 10.1. The van der Waals surface area contributed by atoms with Gasteiger partial charge in [-0.2, -0.15) is 13.4 Å². The van der Waals surface area contributed by atoms with E-state index in [0.717, 1.165) is 10.8 Å². The largest absolute Gasteiger partial charge is 0.379 e. The van der Waals surface area contributed by atoms with Gasteiger partial charge in [0.2, 0.25) is 11.7 Å². The molecule has 1 aromatic heterocycles. The zero-order chi connectivity index (χ0) is 18.1. The van der Waals surface area contributed by atoms with Crippen molar-refractivity contribution in [3.8, 4) is 17.1 Å². The Balaban J connectivity index is 1.60. The van der Waals surface area contributed by atoms with Crippen molar-refractivity contribution in [2.75, 3.05) is 0 Å². The molecule has 4 rings (SSSR count). The van der Waals surface area contributed by atoms with Crippen LogP contribution in [-0.4, -0.2) is 18.6 Å². The summed E-state index contributed by atoms with van der Waals surface area (Å²) in [5.41, 5.74) is 0.706. The van der Waals surface area contributed by atoms with E-state index in [1.807, 2.05) is 24.3 Å². The summed E-state index contributed by atoms with van der Waals surface area (Å²) in [6.45, 7) is 1.70. The Labute approximate surface area is 150 Å². The summed E-state index contributed by atoms with van der Waals surface area (Å²) in [5, 5.41) is 5.62. The van der Waals surface area contributed by atoms with Crippen LogP contribution in [0.3, 0.4) is 0 Å². The summed E-state index contributed by atoms with van der Waals surface area (Å²) in [7, 11) is -3.93. The zero-order valence-electron chi connectivity index (χ0n) is 13.8. The standard InChI is InChI=1S/C19H14N2O4S/c1-13-20-19(21-24-13)15-6-9-17(10-7-15)25-26(22,23)18-11-8-14-4-2-3-5-16(14)12-18/h2-12H,1H3. The number of hydrogen-bond donors (Lipinski definition) is 0. The Hall–Kier alpha value is -3.19. The molecule has 1 heterocycles. The molecule has 0 amide bonds. The Kier molecular flexibility index (Phi) is 3.93. The van der Waals surface area contributed by atoms with Crippen molar-refractivity contribution in [1.29, 1.82) is 0 Å². The molecule has 0 aliphatic rings. The van der Waals surface area contributed by atoms with Crippen LogP contribution in [0.1, 0.15) is 5.89 Å². The summed E-state index contributed by atoms with van der Waals surface area (Å²) in [6, 6.07) is 18.9. The van der Waals surface area contributed by atoms with Crippen LogP contribution in [0.4, 0.5) is 0 Å². The Morgan fingerprint density at radius 1 is 0.923 bits per heavy atom. The molecular weight excluding hydrogens is 352 g/mol. The smallest absolute Gasteiger partial charge is 0.339 e. The van der Waals surface area contributed by atoms with Crippen LogP contribution in [0.2, 0.25) is 0 Å². The number of rotatable bonds is 4. The first-order valence-electron chi connectivity index (χ1n) is 7.85. The third kappa shape index (κ3) is 3.16. The molecule has 0 saturated heterocycles. The normalized spacial score (nSPS) is 11.6. The van der Waals surface area contributed by atoms with Crippen LogP contribution >= 0.6 is 0 Å². The van der Waals surface area contributed by atoms with Gasteiger partial charge in [-0.15, -0.1) is 0 Å². The Bertz CT molecular complexity index is 1180. The van der Waals surface area contributed by atoms with Crippen LogP contribution in [0, 0.1) is 6.92 Å². The van der Waals surface area contributed by atoms with E-state index in [1.165, 1.54) is 6.07 Å². The van der Waals surface area contributed by atoms with Gasteiger partial charge in [0.1, 0.15) is 10.6 Å². The van der Waals surface area contributed by atoms with Crippen molar-refractivity contribution in [2.45, 2.75) is 11.8 Å². The fourth-order valence-corrected chi connectivity index (χ4v) is 3.54. The summed E-state index contributed by atoms with van der Waals surface area (Å²) in [5.74, 6) is 1.10. The monoisotopic (exact) mass is 366 g/mol. The fourth-order valence-electron chi connectivity index (χ4n) is 2.57. The van der Waals surface area contributed by atoms with Crippen molar-refractivity contribution in [3.63, 3.8) is 0 Å². The second-order valence-electron chi connectivity index (χ2n) is 5.71. The van der Waals surface area contributed by atoms with Gasteiger partial charge in [-0.25, -0.2) is 0 Å². The molecular formula is C19H14N2O4S. The predicted molar refractivity (Wildman–Crippen MR) is 96.2 cm³/mol. The van der Waals surface area contributed by atoms with E-state index >= 15 is 0 Å². The molecule has 0 bridgehead atoms. The minimum atomic E-state index is -3.93. The number of benzene rings is 3. The van der Waals surface area contributed by atoms with Crippen LogP contribution in [-0.2, 0) is 10.1 Å². The van der Waals surface area contributed by atoms with Gasteiger partial charge in [0.15, 0.2) is 0 Å². The maximum atomic E-state index is 12.5. The molecule has 0 unspecified atom stereocenters. The van der Waals surface area contributed by atoms with E-state index < -0.39 is 10.1 Å². The number of hydrogen-bond acceptors (Lipinski definition) is 6. The van der Waals surface area contributed by atoms with Crippen molar-refractivity contribution in [1.82, 2.24) is 10.1 Å². The molecule has 0 radical (unpaired) electrons. The Morgan fingerprint density at radius 2 is 1.65 bits per heavy atom. The molecule has 0 spiro atoms. The van der Waals surface area contributed by atoms with Gasteiger partial charge < -0.3 is 8.71 Å². The van der Waals surface area contributed by atoms with Gasteiger partial charge in [-0.1, -0.05) is 35.5 Å². The van der Waals surface area contributed by atoms with E-state index in [0.29, 0.717) is 17.3 Å². The number of aromatic nitrogens is 2. The number of nitrogens with zero attached hydrogens (tertiary/aromatic N) is 2. The SMILES string of the molecule is Cc1nc(-c2ccc(OS(=O)(=O)c3ccc4ccccc4c3)cc2)no1. The minimum absolute atomic E-state index is 0.106. The lowest BCUT2D eigenvalue weighted by Crippen LogP contribution is -2.09. The van der Waals surface area contributed by atoms with Gasteiger partial charge >= 0.3 is 10.1 Å². The molecule has 0 aliphatic heterocycles. The highest BCUT2D eigenvalue weighted by Crippen LogP contribution is 2.25. The summed E-state index contributed by atoms with van der Waals surface area (Å²) < 4.78 is 35.3. The van der Waals surface area contributed by atoms with Crippen molar-refractivity contribution < 1.29 is 17.1 Å². The van der Waals surface area contributed by atoms with Crippen molar-refractivity contribution >= 4 is 20.9 Å². The third-order valence-electron chi connectivity index (χ3n) is 3.86. The predicted octanol–water partition coefficient (Wildman–Crippen LogP) is 3.97. The van der Waals surface area contributed by atoms with E-state index in [-0.39, 0.29) is 10.6 Å². The molecule has 130 valence electrons. The zero-order valence-corrected chi connectivity index (χ0v) is 14.6. The van der Waals surface area contributed by atoms with Gasteiger partial charge in [0, 0.05) is 12.5 Å². The number of fused-ring (bicyclic) bond motifs is 1. The second-order valence-corrected chi connectivity index (χ2v) is 7.25. The second kappa shape index (κ2) is 6.27. The van der Waals surface area contributed by atoms with Gasteiger partial charge in [-0.05, 0) is 47.2 Å². The van der Waals surface area contributed by atoms with E-state index in [2.05, 4.69) is 10.1 Å². The van der Waals surface area contributed by atoms with Crippen molar-refractivity contribution in [2.24, 2.45) is 0 Å².